The van der Waals surface area contributed by atoms with Crippen molar-refractivity contribution in [2.24, 2.45) is 0 Å². The van der Waals surface area contributed by atoms with Crippen molar-refractivity contribution >= 4 is 16.9 Å². The SMILES string of the molecule is CCCCNc1ncc2c(=O)[nH]ccc2n1. The van der Waals surface area contributed by atoms with Gasteiger partial charge in [0.25, 0.3) is 5.56 Å². The van der Waals surface area contributed by atoms with Gasteiger partial charge >= 0.3 is 0 Å². The normalized spacial score (nSPS) is 10.6. The molecule has 0 aliphatic carbocycles. The molecular formula is C11H14N4O. The van der Waals surface area contributed by atoms with E-state index in [0.717, 1.165) is 19.4 Å². The highest BCUT2D eigenvalue weighted by Gasteiger charge is 2.01. The minimum absolute atomic E-state index is 0.155. The Kier molecular flexibility index (Phi) is 3.14. The Hall–Kier alpha value is -1.91. The predicted molar refractivity (Wildman–Crippen MR) is 63.6 cm³/mol. The van der Waals surface area contributed by atoms with Gasteiger partial charge in [-0.1, -0.05) is 13.3 Å². The topological polar surface area (TPSA) is 70.7 Å². The van der Waals surface area contributed by atoms with Gasteiger partial charge in [0.15, 0.2) is 0 Å². The molecule has 2 N–H and O–H groups in total. The minimum Gasteiger partial charge on any atom is -0.354 e. The maximum Gasteiger partial charge on any atom is 0.258 e. The molecule has 2 aromatic heterocycles. The van der Waals surface area contributed by atoms with Crippen LogP contribution in [0.2, 0.25) is 0 Å². The molecule has 2 heterocycles. The van der Waals surface area contributed by atoms with Crippen molar-refractivity contribution in [1.29, 1.82) is 0 Å². The van der Waals surface area contributed by atoms with Gasteiger partial charge < -0.3 is 10.3 Å². The lowest BCUT2D eigenvalue weighted by molar-refractivity contribution is 0.827. The Morgan fingerprint density at radius 2 is 2.38 bits per heavy atom. The number of nitrogens with one attached hydrogen (secondary N) is 2. The summed E-state index contributed by atoms with van der Waals surface area (Å²) in [5, 5.41) is 3.64. The fourth-order valence-corrected chi connectivity index (χ4v) is 1.43. The Morgan fingerprint density at radius 3 is 3.19 bits per heavy atom. The molecule has 5 heteroatoms. The number of nitrogens with zero attached hydrogens (tertiary/aromatic N) is 2. The van der Waals surface area contributed by atoms with Crippen LogP contribution in [0.25, 0.3) is 10.9 Å². The maximum absolute atomic E-state index is 11.4. The lowest BCUT2D eigenvalue weighted by Crippen LogP contribution is -2.09. The minimum atomic E-state index is -0.155. The van der Waals surface area contributed by atoms with Crippen LogP contribution in [0.3, 0.4) is 0 Å². The van der Waals surface area contributed by atoms with Crippen molar-refractivity contribution < 1.29 is 0 Å². The summed E-state index contributed by atoms with van der Waals surface area (Å²) in [4.78, 5) is 22.3. The maximum atomic E-state index is 11.4. The third kappa shape index (κ3) is 2.18. The summed E-state index contributed by atoms with van der Waals surface area (Å²) < 4.78 is 0. The molecule has 2 rings (SSSR count). The van der Waals surface area contributed by atoms with Crippen LogP contribution in [0.4, 0.5) is 5.95 Å². The molecule has 0 radical (unpaired) electrons. The van der Waals surface area contributed by atoms with Crippen molar-refractivity contribution in [1.82, 2.24) is 15.0 Å². The standard InChI is InChI=1S/C11H14N4O/c1-2-3-5-13-11-14-7-8-9(15-11)4-6-12-10(8)16/h4,6-7H,2-3,5H2,1H3,(H,12,16)(H,13,14,15). The number of aromatic nitrogens is 3. The van der Waals surface area contributed by atoms with Crippen LogP contribution in [-0.4, -0.2) is 21.5 Å². The number of anilines is 1. The fraction of sp³-hybridized carbons (Fsp3) is 0.364. The molecule has 0 aliphatic rings. The van der Waals surface area contributed by atoms with E-state index in [4.69, 9.17) is 0 Å². The van der Waals surface area contributed by atoms with Crippen LogP contribution in [0, 0.1) is 0 Å². The average Bonchev–Trinajstić information content (AvgIpc) is 2.30. The van der Waals surface area contributed by atoms with E-state index in [1.54, 1.807) is 18.5 Å². The average molecular weight is 218 g/mol. The van der Waals surface area contributed by atoms with Crippen LogP contribution in [0.1, 0.15) is 19.8 Å². The van der Waals surface area contributed by atoms with Crippen molar-refractivity contribution in [2.45, 2.75) is 19.8 Å². The summed E-state index contributed by atoms with van der Waals surface area (Å²) in [5.41, 5.74) is 0.510. The molecule has 0 bridgehead atoms. The zero-order chi connectivity index (χ0) is 11.4. The highest BCUT2D eigenvalue weighted by molar-refractivity contribution is 5.77. The van der Waals surface area contributed by atoms with E-state index in [0.29, 0.717) is 16.9 Å². The number of fused-ring (bicyclic) bond motifs is 1. The van der Waals surface area contributed by atoms with Gasteiger partial charge in [0, 0.05) is 18.9 Å². The van der Waals surface area contributed by atoms with Gasteiger partial charge in [0.1, 0.15) is 0 Å². The summed E-state index contributed by atoms with van der Waals surface area (Å²) in [6.45, 7) is 2.98. The van der Waals surface area contributed by atoms with Crippen LogP contribution in [0.5, 0.6) is 0 Å². The zero-order valence-corrected chi connectivity index (χ0v) is 9.16. The predicted octanol–water partition coefficient (Wildman–Crippen LogP) is 1.53. The molecule has 2 aromatic rings. The first kappa shape index (κ1) is 10.6. The molecular weight excluding hydrogens is 204 g/mol. The number of aromatic amines is 1. The first-order valence-electron chi connectivity index (χ1n) is 5.39. The van der Waals surface area contributed by atoms with E-state index in [1.807, 2.05) is 0 Å². The van der Waals surface area contributed by atoms with Gasteiger partial charge in [0.2, 0.25) is 5.95 Å². The lowest BCUT2D eigenvalue weighted by Gasteiger charge is -2.03. The van der Waals surface area contributed by atoms with Gasteiger partial charge in [-0.25, -0.2) is 9.97 Å². The number of pyridine rings is 1. The fourth-order valence-electron chi connectivity index (χ4n) is 1.43. The monoisotopic (exact) mass is 218 g/mol. The molecule has 0 amide bonds. The Morgan fingerprint density at radius 1 is 1.50 bits per heavy atom. The molecule has 0 spiro atoms. The van der Waals surface area contributed by atoms with Crippen molar-refractivity contribution in [2.75, 3.05) is 11.9 Å². The van der Waals surface area contributed by atoms with Crippen molar-refractivity contribution in [3.8, 4) is 0 Å². The number of H-pyrrole nitrogens is 1. The van der Waals surface area contributed by atoms with E-state index in [2.05, 4.69) is 27.2 Å². The van der Waals surface area contributed by atoms with Gasteiger partial charge in [-0.15, -0.1) is 0 Å². The number of hydrogen-bond acceptors (Lipinski definition) is 4. The Balaban J connectivity index is 2.27. The van der Waals surface area contributed by atoms with Crippen LogP contribution < -0.4 is 10.9 Å². The molecule has 0 saturated heterocycles. The third-order valence-electron chi connectivity index (χ3n) is 2.33. The van der Waals surface area contributed by atoms with Crippen LogP contribution in [-0.2, 0) is 0 Å². The molecule has 0 fully saturated rings. The van der Waals surface area contributed by atoms with E-state index in [-0.39, 0.29) is 5.56 Å². The Labute approximate surface area is 92.9 Å². The summed E-state index contributed by atoms with van der Waals surface area (Å²) in [5.74, 6) is 0.576. The van der Waals surface area contributed by atoms with E-state index < -0.39 is 0 Å². The second kappa shape index (κ2) is 4.74. The molecule has 0 atom stereocenters. The molecule has 5 nitrogen and oxygen atoms in total. The second-order valence-electron chi connectivity index (χ2n) is 3.58. The zero-order valence-electron chi connectivity index (χ0n) is 9.16. The summed E-state index contributed by atoms with van der Waals surface area (Å²) in [6, 6.07) is 1.77. The molecule has 16 heavy (non-hydrogen) atoms. The van der Waals surface area contributed by atoms with E-state index in [1.165, 1.54) is 0 Å². The van der Waals surface area contributed by atoms with Gasteiger partial charge in [0.05, 0.1) is 10.9 Å². The third-order valence-corrected chi connectivity index (χ3v) is 2.33. The Bertz CT molecular complexity index is 535. The lowest BCUT2D eigenvalue weighted by atomic mass is 10.3. The number of rotatable bonds is 4. The first-order valence-corrected chi connectivity index (χ1v) is 5.39. The van der Waals surface area contributed by atoms with E-state index >= 15 is 0 Å². The molecule has 0 aliphatic heterocycles. The molecule has 0 saturated carbocycles. The largest absolute Gasteiger partial charge is 0.354 e. The highest BCUT2D eigenvalue weighted by atomic mass is 16.1. The smallest absolute Gasteiger partial charge is 0.258 e. The molecule has 0 aromatic carbocycles. The summed E-state index contributed by atoms with van der Waals surface area (Å²) in [7, 11) is 0. The number of hydrogen-bond donors (Lipinski definition) is 2. The van der Waals surface area contributed by atoms with Gasteiger partial charge in [-0.2, -0.15) is 0 Å². The van der Waals surface area contributed by atoms with Crippen molar-refractivity contribution in [3.63, 3.8) is 0 Å². The number of unbranched alkanes of at least 4 members (excludes halogenated alkanes) is 1. The molecule has 84 valence electrons. The summed E-state index contributed by atoms with van der Waals surface area (Å²) >= 11 is 0. The van der Waals surface area contributed by atoms with Crippen LogP contribution >= 0.6 is 0 Å². The highest BCUT2D eigenvalue weighted by Crippen LogP contribution is 2.07. The second-order valence-corrected chi connectivity index (χ2v) is 3.58. The quantitative estimate of drug-likeness (QED) is 0.763. The van der Waals surface area contributed by atoms with Crippen molar-refractivity contribution in [3.05, 3.63) is 28.8 Å². The van der Waals surface area contributed by atoms with Gasteiger partial charge in [-0.3, -0.25) is 4.79 Å². The summed E-state index contributed by atoms with van der Waals surface area (Å²) in [6.07, 6.45) is 5.35. The van der Waals surface area contributed by atoms with Gasteiger partial charge in [-0.05, 0) is 12.5 Å². The van der Waals surface area contributed by atoms with Crippen LogP contribution in [0.15, 0.2) is 23.3 Å². The molecule has 0 unspecified atom stereocenters. The van der Waals surface area contributed by atoms with E-state index in [9.17, 15) is 4.79 Å². The first-order chi connectivity index (χ1) is 7.81.